The van der Waals surface area contributed by atoms with E-state index in [0.29, 0.717) is 12.0 Å². The van der Waals surface area contributed by atoms with Crippen LogP contribution in [0.15, 0.2) is 18.2 Å². The Hall–Kier alpha value is -2.17. The molecule has 1 aromatic rings. The van der Waals surface area contributed by atoms with Crippen LogP contribution in [0, 0.1) is 12.3 Å². The molecule has 5 nitrogen and oxygen atoms in total. The van der Waals surface area contributed by atoms with E-state index >= 15 is 0 Å². The molecule has 0 unspecified atom stereocenters. The molecular weight excluding hydrogens is 296 g/mol. The van der Waals surface area contributed by atoms with Gasteiger partial charge in [0, 0.05) is 12.0 Å². The molecule has 0 N–H and O–H groups in total. The van der Waals surface area contributed by atoms with Gasteiger partial charge < -0.3 is 9.47 Å². The van der Waals surface area contributed by atoms with Gasteiger partial charge in [-0.05, 0) is 44.7 Å². The molecule has 0 aliphatic heterocycles. The molecule has 0 atom stereocenters. The largest absolute Gasteiger partial charge is 0.465 e. The van der Waals surface area contributed by atoms with Gasteiger partial charge in [-0.25, -0.2) is 0 Å². The summed E-state index contributed by atoms with van der Waals surface area (Å²) >= 11 is 0. The van der Waals surface area contributed by atoms with Crippen LogP contribution in [0.2, 0.25) is 0 Å². The lowest BCUT2D eigenvalue weighted by atomic mass is 9.79. The normalized spacial score (nSPS) is 16.2. The minimum Gasteiger partial charge on any atom is -0.465 e. The lowest BCUT2D eigenvalue weighted by Crippen LogP contribution is -2.43. The number of hydrogen-bond donors (Lipinski definition) is 0. The molecule has 0 radical (unpaired) electrons. The summed E-state index contributed by atoms with van der Waals surface area (Å²) in [5, 5.41) is 0. The van der Waals surface area contributed by atoms with Crippen molar-refractivity contribution in [1.29, 1.82) is 0 Å². The minimum absolute atomic E-state index is 0.153. The maximum absolute atomic E-state index is 12.7. The Morgan fingerprint density at radius 1 is 1.13 bits per heavy atom. The van der Waals surface area contributed by atoms with Crippen molar-refractivity contribution >= 4 is 17.7 Å². The number of rotatable bonds is 4. The van der Waals surface area contributed by atoms with Crippen molar-refractivity contribution in [3.63, 3.8) is 0 Å². The first-order valence-electron chi connectivity index (χ1n) is 7.92. The smallest absolute Gasteiger partial charge is 0.323 e. The van der Waals surface area contributed by atoms with Gasteiger partial charge in [-0.1, -0.05) is 18.2 Å². The first kappa shape index (κ1) is 17.2. The lowest BCUT2D eigenvalue weighted by molar-refractivity contribution is -0.172. The Morgan fingerprint density at radius 3 is 2.30 bits per heavy atom. The summed E-state index contributed by atoms with van der Waals surface area (Å²) in [5.41, 5.74) is 0.919. The first-order chi connectivity index (χ1) is 11.0. The number of aryl methyl sites for hydroxylation is 1. The van der Waals surface area contributed by atoms with Crippen LogP contribution in [0.5, 0.6) is 0 Å². The van der Waals surface area contributed by atoms with E-state index < -0.39 is 17.4 Å². The van der Waals surface area contributed by atoms with E-state index in [1.807, 2.05) is 19.1 Å². The number of ketones is 1. The Morgan fingerprint density at radius 2 is 1.74 bits per heavy atom. The third-order valence-electron chi connectivity index (χ3n) is 4.31. The number of carbonyl (C=O) groups is 3. The van der Waals surface area contributed by atoms with Gasteiger partial charge >= 0.3 is 11.9 Å². The van der Waals surface area contributed by atoms with Crippen LogP contribution < -0.4 is 0 Å². The molecule has 0 amide bonds. The van der Waals surface area contributed by atoms with E-state index in [1.54, 1.807) is 19.9 Å². The van der Waals surface area contributed by atoms with E-state index in [4.69, 9.17) is 9.47 Å². The quantitative estimate of drug-likeness (QED) is 0.485. The van der Waals surface area contributed by atoms with Gasteiger partial charge in [0.05, 0.1) is 13.2 Å². The molecule has 23 heavy (non-hydrogen) atoms. The molecule has 0 fully saturated rings. The minimum atomic E-state index is -1.55. The Balaban J connectivity index is 2.46. The van der Waals surface area contributed by atoms with Crippen molar-refractivity contribution in [2.24, 2.45) is 5.41 Å². The Kier molecular flexibility index (Phi) is 5.19. The van der Waals surface area contributed by atoms with Gasteiger partial charge in [-0.3, -0.25) is 14.4 Å². The second-order valence-corrected chi connectivity index (χ2v) is 5.72. The topological polar surface area (TPSA) is 69.7 Å². The second kappa shape index (κ2) is 6.94. The highest BCUT2D eigenvalue weighted by molar-refractivity contribution is 6.08. The van der Waals surface area contributed by atoms with Gasteiger partial charge in [0.15, 0.2) is 11.2 Å². The summed E-state index contributed by atoms with van der Waals surface area (Å²) in [6.45, 7) is 5.58. The summed E-state index contributed by atoms with van der Waals surface area (Å²) < 4.78 is 10.2. The fourth-order valence-electron chi connectivity index (χ4n) is 3.06. The number of esters is 2. The second-order valence-electron chi connectivity index (χ2n) is 5.72. The fraction of sp³-hybridized carbons (Fsp3) is 0.500. The van der Waals surface area contributed by atoms with E-state index in [-0.39, 0.29) is 31.8 Å². The van der Waals surface area contributed by atoms with Crippen LogP contribution >= 0.6 is 0 Å². The molecule has 0 saturated carbocycles. The molecule has 1 aliphatic carbocycles. The number of hydrogen-bond acceptors (Lipinski definition) is 5. The molecule has 0 heterocycles. The highest BCUT2D eigenvalue weighted by Crippen LogP contribution is 2.38. The predicted octanol–water partition coefficient (Wildman–Crippen LogP) is 2.63. The fourth-order valence-corrected chi connectivity index (χ4v) is 3.06. The molecule has 1 aromatic carbocycles. The van der Waals surface area contributed by atoms with Crippen molar-refractivity contribution in [1.82, 2.24) is 0 Å². The molecule has 0 aromatic heterocycles. The molecule has 0 spiro atoms. The number of benzene rings is 1. The van der Waals surface area contributed by atoms with Crippen LogP contribution in [-0.4, -0.2) is 30.9 Å². The van der Waals surface area contributed by atoms with Crippen LogP contribution in [0.3, 0.4) is 0 Å². The van der Waals surface area contributed by atoms with Crippen molar-refractivity contribution in [3.05, 3.63) is 34.9 Å². The van der Waals surface area contributed by atoms with Crippen molar-refractivity contribution in [2.45, 2.75) is 40.0 Å². The van der Waals surface area contributed by atoms with Gasteiger partial charge in [-0.2, -0.15) is 0 Å². The number of fused-ring (bicyclic) bond motifs is 1. The van der Waals surface area contributed by atoms with Gasteiger partial charge in [0.25, 0.3) is 0 Å². The summed E-state index contributed by atoms with van der Waals surface area (Å²) in [7, 11) is 0. The highest BCUT2D eigenvalue weighted by atomic mass is 16.6. The highest BCUT2D eigenvalue weighted by Gasteiger charge is 2.51. The molecule has 2 rings (SSSR count). The monoisotopic (exact) mass is 318 g/mol. The maximum Gasteiger partial charge on any atom is 0.323 e. The molecule has 5 heteroatoms. The van der Waals surface area contributed by atoms with Crippen molar-refractivity contribution < 1.29 is 23.9 Å². The summed E-state index contributed by atoms with van der Waals surface area (Å²) in [5.74, 6) is -1.56. The molecule has 124 valence electrons. The molecule has 0 bridgehead atoms. The molecule has 1 aliphatic rings. The van der Waals surface area contributed by atoms with Crippen molar-refractivity contribution in [2.75, 3.05) is 13.2 Å². The Bertz CT molecular complexity index is 614. The van der Waals surface area contributed by atoms with Crippen LogP contribution in [0.4, 0.5) is 0 Å². The average Bonchev–Trinajstić information content (AvgIpc) is 2.67. The van der Waals surface area contributed by atoms with Crippen LogP contribution in [0.25, 0.3) is 0 Å². The van der Waals surface area contributed by atoms with E-state index in [9.17, 15) is 14.4 Å². The van der Waals surface area contributed by atoms with E-state index in [0.717, 1.165) is 11.1 Å². The molecular formula is C18H22O5. The van der Waals surface area contributed by atoms with Crippen LogP contribution in [0.1, 0.15) is 48.2 Å². The summed E-state index contributed by atoms with van der Waals surface area (Å²) in [6, 6.07) is 5.48. The number of ether oxygens (including phenoxy) is 2. The third-order valence-corrected chi connectivity index (χ3v) is 4.31. The van der Waals surface area contributed by atoms with Crippen molar-refractivity contribution in [3.8, 4) is 0 Å². The SMILES string of the molecule is CCOC(=O)C1(C(=O)OCC)CCc2c(C)cccc2C(=O)C1. The van der Waals surface area contributed by atoms with Gasteiger partial charge in [0.1, 0.15) is 0 Å². The first-order valence-corrected chi connectivity index (χ1v) is 7.92. The zero-order valence-electron chi connectivity index (χ0n) is 13.8. The van der Waals surface area contributed by atoms with Crippen LogP contribution in [-0.2, 0) is 25.5 Å². The number of carbonyl (C=O) groups excluding carboxylic acids is 3. The number of Topliss-reactive ketones (excluding diaryl/α,β-unsaturated/α-hetero) is 1. The zero-order valence-corrected chi connectivity index (χ0v) is 13.8. The van der Waals surface area contributed by atoms with E-state index in [1.165, 1.54) is 0 Å². The Labute approximate surface area is 136 Å². The summed E-state index contributed by atoms with van der Waals surface area (Å²) in [6.07, 6.45) is 0.473. The maximum atomic E-state index is 12.7. The zero-order chi connectivity index (χ0) is 17.0. The average molecular weight is 318 g/mol. The third kappa shape index (κ3) is 3.14. The van der Waals surface area contributed by atoms with Gasteiger partial charge in [0.2, 0.25) is 0 Å². The lowest BCUT2D eigenvalue weighted by Gasteiger charge is -2.27. The molecule has 0 saturated heterocycles. The van der Waals surface area contributed by atoms with E-state index in [2.05, 4.69) is 0 Å². The standard InChI is InChI=1S/C18H22O5/c1-4-22-16(20)18(17(21)23-5-2)10-9-13-12(3)7-6-8-14(13)15(19)11-18/h6-8H,4-5,9-11H2,1-3H3. The predicted molar refractivity (Wildman–Crippen MR) is 84.1 cm³/mol. The summed E-state index contributed by atoms with van der Waals surface area (Å²) in [4.78, 5) is 37.7. The van der Waals surface area contributed by atoms with Gasteiger partial charge in [-0.15, -0.1) is 0 Å².